The van der Waals surface area contributed by atoms with Gasteiger partial charge < -0.3 is 19.9 Å². The number of aromatic carboxylic acids is 1. The van der Waals surface area contributed by atoms with Crippen molar-refractivity contribution in [3.05, 3.63) is 65.7 Å². The third kappa shape index (κ3) is 7.19. The van der Waals surface area contributed by atoms with E-state index in [1.54, 1.807) is 24.3 Å². The standard InChI is InChI=1S/C25H32N2O5.ClH/c1-18(19-9-11-20(12-10-19)22(28)29)27-23(30)25(13-15-32-24(2,3)17-25)26-14-16-31-21-7-5-4-6-8-21;/h4-12,18,26H,13-17H2,1-3H3,(H,27,30)(H,28,29);1H/t18-,25?;/m0./s1. The van der Waals surface area contributed by atoms with Crippen LogP contribution >= 0.6 is 12.4 Å². The minimum atomic E-state index is -0.974. The second-order valence-corrected chi connectivity index (χ2v) is 8.83. The van der Waals surface area contributed by atoms with Gasteiger partial charge in [-0.15, -0.1) is 12.4 Å². The molecule has 0 aromatic heterocycles. The molecule has 3 rings (SSSR count). The molecule has 1 unspecified atom stereocenters. The van der Waals surface area contributed by atoms with E-state index in [0.29, 0.717) is 32.6 Å². The van der Waals surface area contributed by atoms with Gasteiger partial charge in [-0.3, -0.25) is 10.1 Å². The highest BCUT2D eigenvalue weighted by molar-refractivity contribution is 5.88. The molecule has 1 heterocycles. The first-order valence-corrected chi connectivity index (χ1v) is 10.9. The highest BCUT2D eigenvalue weighted by atomic mass is 35.5. The van der Waals surface area contributed by atoms with Crippen molar-refractivity contribution in [2.45, 2.75) is 50.8 Å². The summed E-state index contributed by atoms with van der Waals surface area (Å²) in [7, 11) is 0. The summed E-state index contributed by atoms with van der Waals surface area (Å²) in [6.45, 7) is 7.31. The van der Waals surface area contributed by atoms with E-state index in [9.17, 15) is 9.59 Å². The van der Waals surface area contributed by atoms with Crippen molar-refractivity contribution in [2.24, 2.45) is 0 Å². The van der Waals surface area contributed by atoms with Crippen molar-refractivity contribution in [2.75, 3.05) is 19.8 Å². The number of halogens is 1. The minimum Gasteiger partial charge on any atom is -0.492 e. The molecular weight excluding hydrogens is 444 g/mol. The van der Waals surface area contributed by atoms with Crippen LogP contribution in [-0.2, 0) is 9.53 Å². The molecule has 1 fully saturated rings. The smallest absolute Gasteiger partial charge is 0.335 e. The summed E-state index contributed by atoms with van der Waals surface area (Å²) < 4.78 is 11.6. The lowest BCUT2D eigenvalue weighted by atomic mass is 9.80. The van der Waals surface area contributed by atoms with Crippen LogP contribution in [0.4, 0.5) is 0 Å². The maximum absolute atomic E-state index is 13.5. The number of ether oxygens (including phenoxy) is 2. The zero-order valence-electron chi connectivity index (χ0n) is 19.3. The lowest BCUT2D eigenvalue weighted by molar-refractivity contribution is -0.142. The van der Waals surface area contributed by atoms with Crippen molar-refractivity contribution < 1.29 is 24.2 Å². The summed E-state index contributed by atoms with van der Waals surface area (Å²) in [5.74, 6) is -0.277. The lowest BCUT2D eigenvalue weighted by Crippen LogP contribution is -2.63. The highest BCUT2D eigenvalue weighted by Crippen LogP contribution is 2.33. The first-order valence-electron chi connectivity index (χ1n) is 10.9. The van der Waals surface area contributed by atoms with Crippen molar-refractivity contribution in [1.29, 1.82) is 0 Å². The van der Waals surface area contributed by atoms with Crippen LogP contribution in [0.25, 0.3) is 0 Å². The number of hydrogen-bond acceptors (Lipinski definition) is 5. The molecule has 1 saturated heterocycles. The Morgan fingerprint density at radius 2 is 1.79 bits per heavy atom. The van der Waals surface area contributed by atoms with Gasteiger partial charge in [0.15, 0.2) is 0 Å². The molecule has 2 aromatic carbocycles. The summed E-state index contributed by atoms with van der Waals surface area (Å²) >= 11 is 0. The Hall–Kier alpha value is -2.61. The van der Waals surface area contributed by atoms with Gasteiger partial charge >= 0.3 is 5.97 Å². The van der Waals surface area contributed by atoms with Gasteiger partial charge in [-0.25, -0.2) is 4.79 Å². The predicted octanol–water partition coefficient (Wildman–Crippen LogP) is 3.98. The molecule has 0 spiro atoms. The Labute approximate surface area is 201 Å². The van der Waals surface area contributed by atoms with E-state index in [0.717, 1.165) is 11.3 Å². The van der Waals surface area contributed by atoms with Gasteiger partial charge in [0, 0.05) is 19.6 Å². The molecule has 0 aliphatic carbocycles. The molecule has 2 aromatic rings. The molecule has 0 bridgehead atoms. The summed E-state index contributed by atoms with van der Waals surface area (Å²) in [4.78, 5) is 24.6. The molecule has 0 radical (unpaired) electrons. The van der Waals surface area contributed by atoms with E-state index in [2.05, 4.69) is 10.6 Å². The van der Waals surface area contributed by atoms with E-state index in [1.165, 1.54) is 0 Å². The molecule has 1 aliphatic rings. The maximum Gasteiger partial charge on any atom is 0.335 e. The number of hydrogen-bond donors (Lipinski definition) is 3. The molecule has 33 heavy (non-hydrogen) atoms. The fraction of sp³-hybridized carbons (Fsp3) is 0.440. The van der Waals surface area contributed by atoms with Crippen LogP contribution in [0.3, 0.4) is 0 Å². The minimum absolute atomic E-state index is 0. The van der Waals surface area contributed by atoms with Gasteiger partial charge in [-0.1, -0.05) is 30.3 Å². The summed E-state index contributed by atoms with van der Waals surface area (Å²) in [6, 6.07) is 15.9. The van der Waals surface area contributed by atoms with E-state index < -0.39 is 17.1 Å². The van der Waals surface area contributed by atoms with Gasteiger partial charge in [-0.05, 0) is 57.0 Å². The molecule has 7 nitrogen and oxygen atoms in total. The third-order valence-corrected chi connectivity index (χ3v) is 5.77. The molecule has 1 aliphatic heterocycles. The van der Waals surface area contributed by atoms with Crippen LogP contribution in [0.5, 0.6) is 5.75 Å². The number of carbonyl (C=O) groups excluding carboxylic acids is 1. The monoisotopic (exact) mass is 476 g/mol. The number of carboxylic acids is 1. The number of nitrogens with one attached hydrogen (secondary N) is 2. The molecule has 3 N–H and O–H groups in total. The first kappa shape index (κ1) is 26.6. The molecule has 180 valence electrons. The molecule has 0 saturated carbocycles. The van der Waals surface area contributed by atoms with Crippen LogP contribution in [0, 0.1) is 0 Å². The SMILES string of the molecule is C[C@H](NC(=O)C1(NCCOc2ccccc2)CCOC(C)(C)C1)c1ccc(C(=O)O)cc1.Cl. The number of rotatable bonds is 9. The van der Waals surface area contributed by atoms with Crippen LogP contribution in [0.2, 0.25) is 0 Å². The van der Waals surface area contributed by atoms with Crippen molar-refractivity contribution >= 4 is 24.3 Å². The van der Waals surface area contributed by atoms with Crippen LogP contribution in [-0.4, -0.2) is 47.9 Å². The van der Waals surface area contributed by atoms with Gasteiger partial charge in [-0.2, -0.15) is 0 Å². The van der Waals surface area contributed by atoms with E-state index >= 15 is 0 Å². The van der Waals surface area contributed by atoms with Crippen molar-refractivity contribution in [3.8, 4) is 5.75 Å². The average Bonchev–Trinajstić information content (AvgIpc) is 2.77. The van der Waals surface area contributed by atoms with Crippen LogP contribution < -0.4 is 15.4 Å². The summed E-state index contributed by atoms with van der Waals surface area (Å²) in [5.41, 5.74) is -0.154. The summed E-state index contributed by atoms with van der Waals surface area (Å²) in [5, 5.41) is 15.6. The number of para-hydroxylation sites is 1. The fourth-order valence-corrected chi connectivity index (χ4v) is 4.10. The Kier molecular flexibility index (Phi) is 9.28. The van der Waals surface area contributed by atoms with Gasteiger partial charge in [0.05, 0.1) is 17.2 Å². The fourth-order valence-electron chi connectivity index (χ4n) is 4.10. The second kappa shape index (κ2) is 11.5. The number of carbonyl (C=O) groups is 2. The zero-order valence-corrected chi connectivity index (χ0v) is 20.1. The van der Waals surface area contributed by atoms with Gasteiger partial charge in [0.25, 0.3) is 0 Å². The largest absolute Gasteiger partial charge is 0.492 e. The topological polar surface area (TPSA) is 96.9 Å². The van der Waals surface area contributed by atoms with Gasteiger partial charge in [0.2, 0.25) is 5.91 Å². The quantitative estimate of drug-likeness (QED) is 0.474. The number of benzene rings is 2. The Morgan fingerprint density at radius 3 is 2.39 bits per heavy atom. The highest BCUT2D eigenvalue weighted by Gasteiger charge is 2.46. The Balaban J connectivity index is 0.00000385. The predicted molar refractivity (Wildman–Crippen MR) is 129 cm³/mol. The van der Waals surface area contributed by atoms with Gasteiger partial charge in [0.1, 0.15) is 17.9 Å². The van der Waals surface area contributed by atoms with Crippen LogP contribution in [0.15, 0.2) is 54.6 Å². The number of amides is 1. The third-order valence-electron chi connectivity index (χ3n) is 5.77. The first-order chi connectivity index (χ1) is 15.2. The molecule has 1 amide bonds. The Morgan fingerprint density at radius 1 is 1.12 bits per heavy atom. The zero-order chi connectivity index (χ0) is 23.2. The second-order valence-electron chi connectivity index (χ2n) is 8.83. The maximum atomic E-state index is 13.5. The van der Waals surface area contributed by atoms with E-state index in [4.69, 9.17) is 14.6 Å². The Bertz CT molecular complexity index is 920. The molecule has 2 atom stereocenters. The van der Waals surface area contributed by atoms with E-state index in [-0.39, 0.29) is 29.9 Å². The molecular formula is C25H33ClN2O5. The van der Waals surface area contributed by atoms with Crippen LogP contribution in [0.1, 0.15) is 55.6 Å². The average molecular weight is 477 g/mol. The lowest BCUT2D eigenvalue weighted by Gasteiger charge is -2.44. The van der Waals surface area contributed by atoms with Crippen molar-refractivity contribution in [1.82, 2.24) is 10.6 Å². The normalized spacial score (nSPS) is 20.2. The van der Waals surface area contributed by atoms with E-state index in [1.807, 2.05) is 51.1 Å². The van der Waals surface area contributed by atoms with Crippen molar-refractivity contribution in [3.63, 3.8) is 0 Å². The summed E-state index contributed by atoms with van der Waals surface area (Å²) in [6.07, 6.45) is 1.08. The molecule has 8 heteroatoms. The number of carboxylic acid groups (broad SMARTS) is 1.